The number of nitrogens with one attached hydrogen (secondary N) is 1. The van der Waals surface area contributed by atoms with Crippen LogP contribution in [0.4, 0.5) is 0 Å². The van der Waals surface area contributed by atoms with Gasteiger partial charge in [0.2, 0.25) is 0 Å². The molecule has 1 atom stereocenters. The van der Waals surface area contributed by atoms with Crippen molar-refractivity contribution >= 4 is 27.3 Å². The summed E-state index contributed by atoms with van der Waals surface area (Å²) < 4.78 is 6.19. The maximum atomic E-state index is 5.25. The Kier molecular flexibility index (Phi) is 4.60. The Hall–Kier alpha value is -0.910. The highest BCUT2D eigenvalue weighted by Crippen LogP contribution is 2.35. The Labute approximate surface area is 126 Å². The van der Waals surface area contributed by atoms with Crippen LogP contribution in [0.5, 0.6) is 5.75 Å². The highest BCUT2D eigenvalue weighted by Gasteiger charge is 2.14. The van der Waals surface area contributed by atoms with Crippen molar-refractivity contribution in [3.63, 3.8) is 0 Å². The first kappa shape index (κ1) is 14.5. The summed E-state index contributed by atoms with van der Waals surface area (Å²) >= 11 is 5.24. The molecule has 0 amide bonds. The molecule has 0 bridgehead atoms. The molecule has 102 valence electrons. The number of aromatic nitrogens is 1. The molecule has 0 radical (unpaired) electrons. The van der Waals surface area contributed by atoms with Crippen LogP contribution in [0.25, 0.3) is 10.6 Å². The smallest absolute Gasteiger partial charge is 0.133 e. The van der Waals surface area contributed by atoms with Gasteiger partial charge in [-0.05, 0) is 55.0 Å². The maximum absolute atomic E-state index is 5.25. The van der Waals surface area contributed by atoms with E-state index in [1.807, 2.05) is 25.2 Å². The second kappa shape index (κ2) is 6.03. The molecule has 19 heavy (non-hydrogen) atoms. The molecule has 0 saturated carbocycles. The van der Waals surface area contributed by atoms with Crippen LogP contribution in [0.2, 0.25) is 0 Å². The lowest BCUT2D eigenvalue weighted by Gasteiger charge is -2.07. The standard InChI is InChI=1S/C14H17BrN2OS/c1-8(16-3)13-9(2)17-14(19-13)10-5-6-12(18-4)11(15)7-10/h5-8,16H,1-4H3. The fourth-order valence-electron chi connectivity index (χ4n) is 1.86. The molecular formula is C14H17BrN2OS. The van der Waals surface area contributed by atoms with Gasteiger partial charge in [-0.25, -0.2) is 4.98 Å². The van der Waals surface area contributed by atoms with E-state index >= 15 is 0 Å². The molecule has 3 nitrogen and oxygen atoms in total. The Morgan fingerprint density at radius 3 is 2.74 bits per heavy atom. The van der Waals surface area contributed by atoms with Crippen molar-refractivity contribution in [2.75, 3.05) is 14.2 Å². The van der Waals surface area contributed by atoms with Gasteiger partial charge < -0.3 is 10.1 Å². The van der Waals surface area contributed by atoms with Gasteiger partial charge in [0.05, 0.1) is 17.3 Å². The molecule has 0 aliphatic rings. The SMILES string of the molecule is CNC(C)c1sc(-c2ccc(OC)c(Br)c2)nc1C. The maximum Gasteiger partial charge on any atom is 0.133 e. The lowest BCUT2D eigenvalue weighted by molar-refractivity contribution is 0.412. The van der Waals surface area contributed by atoms with Crippen LogP contribution >= 0.6 is 27.3 Å². The third-order valence-electron chi connectivity index (χ3n) is 3.06. The zero-order valence-corrected chi connectivity index (χ0v) is 13.9. The predicted molar refractivity (Wildman–Crippen MR) is 84.0 cm³/mol. The number of hydrogen-bond donors (Lipinski definition) is 1. The first-order valence-corrected chi connectivity index (χ1v) is 7.66. The number of benzene rings is 1. The van der Waals surface area contributed by atoms with Crippen LogP contribution < -0.4 is 10.1 Å². The zero-order chi connectivity index (χ0) is 14.0. The van der Waals surface area contributed by atoms with Gasteiger partial charge in [-0.15, -0.1) is 11.3 Å². The van der Waals surface area contributed by atoms with Crippen LogP contribution in [0.3, 0.4) is 0 Å². The minimum atomic E-state index is 0.327. The van der Waals surface area contributed by atoms with Gasteiger partial charge in [-0.1, -0.05) is 0 Å². The van der Waals surface area contributed by atoms with Gasteiger partial charge in [-0.2, -0.15) is 0 Å². The van der Waals surface area contributed by atoms with Crippen molar-refractivity contribution in [1.29, 1.82) is 0 Å². The van der Waals surface area contributed by atoms with Crippen molar-refractivity contribution in [3.05, 3.63) is 33.2 Å². The summed E-state index contributed by atoms with van der Waals surface area (Å²) in [6, 6.07) is 6.37. The number of halogens is 1. The summed E-state index contributed by atoms with van der Waals surface area (Å²) in [4.78, 5) is 5.95. The molecule has 1 heterocycles. The van der Waals surface area contributed by atoms with Crippen LogP contribution in [0.1, 0.15) is 23.5 Å². The van der Waals surface area contributed by atoms with E-state index in [4.69, 9.17) is 4.74 Å². The largest absolute Gasteiger partial charge is 0.496 e. The van der Waals surface area contributed by atoms with E-state index in [0.29, 0.717) is 6.04 Å². The summed E-state index contributed by atoms with van der Waals surface area (Å²) in [6.45, 7) is 4.20. The molecule has 2 rings (SSSR count). The van der Waals surface area contributed by atoms with Crippen LogP contribution in [-0.2, 0) is 0 Å². The number of thiazole rings is 1. The van der Waals surface area contributed by atoms with Crippen molar-refractivity contribution in [1.82, 2.24) is 10.3 Å². The van der Waals surface area contributed by atoms with E-state index in [9.17, 15) is 0 Å². The van der Waals surface area contributed by atoms with Crippen molar-refractivity contribution in [3.8, 4) is 16.3 Å². The summed E-state index contributed by atoms with van der Waals surface area (Å²) in [5.74, 6) is 0.834. The Morgan fingerprint density at radius 2 is 2.16 bits per heavy atom. The third-order valence-corrected chi connectivity index (χ3v) is 5.07. The first-order valence-electron chi connectivity index (χ1n) is 6.05. The number of ether oxygens (including phenoxy) is 1. The fourth-order valence-corrected chi connectivity index (χ4v) is 3.53. The van der Waals surface area contributed by atoms with E-state index in [1.165, 1.54) is 4.88 Å². The Balaban J connectivity index is 2.40. The quantitative estimate of drug-likeness (QED) is 0.906. The van der Waals surface area contributed by atoms with Crippen LogP contribution in [0, 0.1) is 6.92 Å². The molecule has 1 aromatic carbocycles. The lowest BCUT2D eigenvalue weighted by atomic mass is 10.2. The second-order valence-electron chi connectivity index (χ2n) is 4.33. The summed E-state index contributed by atoms with van der Waals surface area (Å²) in [6.07, 6.45) is 0. The molecule has 1 aromatic heterocycles. The van der Waals surface area contributed by atoms with Gasteiger partial charge in [0.15, 0.2) is 0 Å². The predicted octanol–water partition coefficient (Wildman–Crippen LogP) is 4.17. The van der Waals surface area contributed by atoms with E-state index < -0.39 is 0 Å². The van der Waals surface area contributed by atoms with Crippen molar-refractivity contribution < 1.29 is 4.74 Å². The Morgan fingerprint density at radius 1 is 1.42 bits per heavy atom. The van der Waals surface area contributed by atoms with E-state index in [1.54, 1.807) is 18.4 Å². The number of nitrogens with zero attached hydrogens (tertiary/aromatic N) is 1. The summed E-state index contributed by atoms with van der Waals surface area (Å²) in [5.41, 5.74) is 2.20. The molecule has 0 saturated heterocycles. The zero-order valence-electron chi connectivity index (χ0n) is 11.5. The molecule has 2 aromatic rings. The molecule has 1 N–H and O–H groups in total. The monoisotopic (exact) mass is 340 g/mol. The molecule has 0 aliphatic carbocycles. The first-order chi connectivity index (χ1) is 9.06. The highest BCUT2D eigenvalue weighted by atomic mass is 79.9. The fraction of sp³-hybridized carbons (Fsp3) is 0.357. The molecular weight excluding hydrogens is 324 g/mol. The number of aryl methyl sites for hydroxylation is 1. The van der Waals surface area contributed by atoms with Crippen molar-refractivity contribution in [2.45, 2.75) is 19.9 Å². The average Bonchev–Trinajstić information content (AvgIpc) is 2.80. The summed E-state index contributed by atoms with van der Waals surface area (Å²) in [7, 11) is 3.63. The third kappa shape index (κ3) is 2.99. The van der Waals surface area contributed by atoms with Gasteiger partial charge in [0.1, 0.15) is 10.8 Å². The average molecular weight is 341 g/mol. The number of hydrogen-bond acceptors (Lipinski definition) is 4. The van der Waals surface area contributed by atoms with Crippen molar-refractivity contribution in [2.24, 2.45) is 0 Å². The molecule has 0 aliphatic heterocycles. The number of rotatable bonds is 4. The molecule has 0 fully saturated rings. The topological polar surface area (TPSA) is 34.1 Å². The lowest BCUT2D eigenvalue weighted by Crippen LogP contribution is -2.11. The van der Waals surface area contributed by atoms with Crippen LogP contribution in [0.15, 0.2) is 22.7 Å². The van der Waals surface area contributed by atoms with E-state index in [-0.39, 0.29) is 0 Å². The van der Waals surface area contributed by atoms with Gasteiger partial charge in [-0.3, -0.25) is 0 Å². The van der Waals surface area contributed by atoms with Gasteiger partial charge >= 0.3 is 0 Å². The Bertz CT molecular complexity index is 583. The minimum absolute atomic E-state index is 0.327. The highest BCUT2D eigenvalue weighted by molar-refractivity contribution is 9.10. The van der Waals surface area contributed by atoms with Gasteiger partial charge in [0.25, 0.3) is 0 Å². The minimum Gasteiger partial charge on any atom is -0.496 e. The van der Waals surface area contributed by atoms with Gasteiger partial charge in [0, 0.05) is 16.5 Å². The molecule has 0 spiro atoms. The van der Waals surface area contributed by atoms with E-state index in [2.05, 4.69) is 40.1 Å². The molecule has 5 heteroatoms. The van der Waals surface area contributed by atoms with Crippen LogP contribution in [-0.4, -0.2) is 19.1 Å². The summed E-state index contributed by atoms with van der Waals surface area (Å²) in [5, 5.41) is 4.30. The molecule has 1 unspecified atom stereocenters. The van der Waals surface area contributed by atoms with E-state index in [0.717, 1.165) is 26.5 Å². The number of methoxy groups -OCH3 is 1. The second-order valence-corrected chi connectivity index (χ2v) is 6.21. The normalized spacial score (nSPS) is 12.5.